The Kier molecular flexibility index (Phi) is 3.76. The van der Waals surface area contributed by atoms with Gasteiger partial charge in [0.15, 0.2) is 0 Å². The SMILES string of the molecule is Cc1cc(C#Cc2ccc(C(=O)O)cc2)cc(C)c1O. The van der Waals surface area contributed by atoms with Gasteiger partial charge in [-0.25, -0.2) is 4.79 Å². The fraction of sp³-hybridized carbons (Fsp3) is 0.118. The maximum Gasteiger partial charge on any atom is 0.335 e. The molecular weight excluding hydrogens is 252 g/mol. The number of carboxylic acids is 1. The summed E-state index contributed by atoms with van der Waals surface area (Å²) in [6, 6.07) is 10.0. The van der Waals surface area contributed by atoms with Crippen molar-refractivity contribution in [3.63, 3.8) is 0 Å². The molecule has 3 heteroatoms. The Morgan fingerprint density at radius 3 is 1.95 bits per heavy atom. The minimum Gasteiger partial charge on any atom is -0.507 e. The zero-order valence-corrected chi connectivity index (χ0v) is 11.3. The van der Waals surface area contributed by atoms with Crippen molar-refractivity contribution < 1.29 is 15.0 Å². The van der Waals surface area contributed by atoms with Crippen molar-refractivity contribution in [3.05, 3.63) is 64.2 Å². The highest BCUT2D eigenvalue weighted by atomic mass is 16.4. The predicted molar refractivity (Wildman–Crippen MR) is 77.0 cm³/mol. The standard InChI is InChI=1S/C17H14O3/c1-11-9-14(10-12(2)16(11)18)4-3-13-5-7-15(8-6-13)17(19)20/h5-10,18H,1-2H3,(H,19,20). The van der Waals surface area contributed by atoms with Gasteiger partial charge in [-0.3, -0.25) is 0 Å². The molecule has 0 radical (unpaired) electrons. The molecule has 100 valence electrons. The van der Waals surface area contributed by atoms with Crippen LogP contribution in [0.1, 0.15) is 32.6 Å². The molecule has 0 aliphatic carbocycles. The number of aromatic hydroxyl groups is 1. The fourth-order valence-corrected chi connectivity index (χ4v) is 1.87. The molecule has 2 aromatic carbocycles. The molecule has 0 saturated carbocycles. The number of hydrogen-bond donors (Lipinski definition) is 2. The smallest absolute Gasteiger partial charge is 0.335 e. The summed E-state index contributed by atoms with van der Waals surface area (Å²) >= 11 is 0. The normalized spacial score (nSPS) is 9.70. The van der Waals surface area contributed by atoms with Gasteiger partial charge in [0.05, 0.1) is 5.56 Å². The predicted octanol–water partition coefficient (Wildman–Crippen LogP) is 3.11. The maximum absolute atomic E-state index is 10.7. The minimum atomic E-state index is -0.950. The van der Waals surface area contributed by atoms with Crippen molar-refractivity contribution in [1.82, 2.24) is 0 Å². The molecule has 20 heavy (non-hydrogen) atoms. The number of phenolic OH excluding ortho intramolecular Hbond substituents is 1. The summed E-state index contributed by atoms with van der Waals surface area (Å²) in [5.41, 5.74) is 3.39. The second-order valence-corrected chi connectivity index (χ2v) is 4.59. The molecule has 0 saturated heterocycles. The first-order valence-corrected chi connectivity index (χ1v) is 6.13. The molecular formula is C17H14O3. The lowest BCUT2D eigenvalue weighted by atomic mass is 10.1. The number of carboxylic acid groups (broad SMARTS) is 1. The highest BCUT2D eigenvalue weighted by molar-refractivity contribution is 5.87. The third-order valence-electron chi connectivity index (χ3n) is 2.97. The number of aromatic carboxylic acids is 1. The van der Waals surface area contributed by atoms with Gasteiger partial charge in [0, 0.05) is 11.1 Å². The Balaban J connectivity index is 2.29. The van der Waals surface area contributed by atoms with Crippen molar-refractivity contribution in [1.29, 1.82) is 0 Å². The molecule has 0 aliphatic heterocycles. The average Bonchev–Trinajstić information content (AvgIpc) is 2.42. The van der Waals surface area contributed by atoms with Crippen molar-refractivity contribution >= 4 is 5.97 Å². The van der Waals surface area contributed by atoms with E-state index in [2.05, 4.69) is 11.8 Å². The van der Waals surface area contributed by atoms with Crippen LogP contribution < -0.4 is 0 Å². The molecule has 2 rings (SSSR count). The number of carbonyl (C=O) groups is 1. The molecule has 0 aliphatic rings. The van der Waals surface area contributed by atoms with E-state index in [1.807, 2.05) is 26.0 Å². The number of rotatable bonds is 1. The molecule has 0 aromatic heterocycles. The van der Waals surface area contributed by atoms with Crippen molar-refractivity contribution in [2.45, 2.75) is 13.8 Å². The van der Waals surface area contributed by atoms with E-state index < -0.39 is 5.97 Å². The lowest BCUT2D eigenvalue weighted by molar-refractivity contribution is 0.0697. The zero-order valence-electron chi connectivity index (χ0n) is 11.3. The second kappa shape index (κ2) is 5.50. The molecule has 0 bridgehead atoms. The van der Waals surface area contributed by atoms with Crippen LogP contribution in [0.5, 0.6) is 5.75 Å². The van der Waals surface area contributed by atoms with Gasteiger partial charge < -0.3 is 10.2 Å². The maximum atomic E-state index is 10.7. The lowest BCUT2D eigenvalue weighted by Crippen LogP contribution is -1.94. The average molecular weight is 266 g/mol. The molecule has 0 heterocycles. The summed E-state index contributed by atoms with van der Waals surface area (Å²) in [6.07, 6.45) is 0. The molecule has 0 amide bonds. The van der Waals surface area contributed by atoms with Crippen LogP contribution in [0.25, 0.3) is 0 Å². The van der Waals surface area contributed by atoms with Gasteiger partial charge in [-0.15, -0.1) is 0 Å². The Labute approximate surface area is 117 Å². The Hall–Kier alpha value is -2.73. The van der Waals surface area contributed by atoms with Gasteiger partial charge in [-0.1, -0.05) is 11.8 Å². The molecule has 2 N–H and O–H groups in total. The molecule has 0 atom stereocenters. The van der Waals surface area contributed by atoms with E-state index in [0.717, 1.165) is 22.3 Å². The lowest BCUT2D eigenvalue weighted by Gasteiger charge is -2.03. The first-order chi connectivity index (χ1) is 9.47. The summed E-state index contributed by atoms with van der Waals surface area (Å²) in [5.74, 6) is 5.33. The fourth-order valence-electron chi connectivity index (χ4n) is 1.87. The molecule has 0 fully saturated rings. The van der Waals surface area contributed by atoms with E-state index in [0.29, 0.717) is 5.75 Å². The summed E-state index contributed by atoms with van der Waals surface area (Å²) in [6.45, 7) is 3.66. The van der Waals surface area contributed by atoms with Crippen LogP contribution in [-0.2, 0) is 0 Å². The van der Waals surface area contributed by atoms with Crippen LogP contribution in [-0.4, -0.2) is 16.2 Å². The van der Waals surface area contributed by atoms with Crippen LogP contribution in [0.2, 0.25) is 0 Å². The quantitative estimate of drug-likeness (QED) is 0.780. The highest BCUT2D eigenvalue weighted by Crippen LogP contribution is 2.22. The van der Waals surface area contributed by atoms with Gasteiger partial charge in [0.1, 0.15) is 5.75 Å². The first kappa shape index (κ1) is 13.7. The molecule has 2 aromatic rings. The van der Waals surface area contributed by atoms with E-state index in [1.54, 1.807) is 12.1 Å². The number of hydrogen-bond acceptors (Lipinski definition) is 2. The van der Waals surface area contributed by atoms with Crippen LogP contribution >= 0.6 is 0 Å². The van der Waals surface area contributed by atoms with Crippen LogP contribution in [0, 0.1) is 25.7 Å². The number of aryl methyl sites for hydroxylation is 2. The summed E-state index contributed by atoms with van der Waals surface area (Å²) in [4.78, 5) is 10.7. The van der Waals surface area contributed by atoms with Gasteiger partial charge in [0.25, 0.3) is 0 Å². The van der Waals surface area contributed by atoms with Gasteiger partial charge in [0.2, 0.25) is 0 Å². The van der Waals surface area contributed by atoms with E-state index in [9.17, 15) is 9.90 Å². The summed E-state index contributed by atoms with van der Waals surface area (Å²) in [7, 11) is 0. The topological polar surface area (TPSA) is 57.5 Å². The van der Waals surface area contributed by atoms with E-state index in [-0.39, 0.29) is 5.56 Å². The monoisotopic (exact) mass is 266 g/mol. The Bertz CT molecular complexity index is 693. The first-order valence-electron chi connectivity index (χ1n) is 6.13. The van der Waals surface area contributed by atoms with Crippen molar-refractivity contribution in [2.75, 3.05) is 0 Å². The van der Waals surface area contributed by atoms with Crippen LogP contribution in [0.4, 0.5) is 0 Å². The summed E-state index contributed by atoms with van der Waals surface area (Å²) in [5, 5.41) is 18.5. The van der Waals surface area contributed by atoms with Crippen LogP contribution in [0.3, 0.4) is 0 Å². The van der Waals surface area contributed by atoms with E-state index >= 15 is 0 Å². The van der Waals surface area contributed by atoms with Gasteiger partial charge in [-0.2, -0.15) is 0 Å². The molecule has 0 unspecified atom stereocenters. The van der Waals surface area contributed by atoms with Crippen molar-refractivity contribution in [2.24, 2.45) is 0 Å². The molecule has 3 nitrogen and oxygen atoms in total. The third kappa shape index (κ3) is 2.99. The largest absolute Gasteiger partial charge is 0.507 e. The Morgan fingerprint density at radius 1 is 0.950 bits per heavy atom. The van der Waals surface area contributed by atoms with E-state index in [4.69, 9.17) is 5.11 Å². The van der Waals surface area contributed by atoms with Gasteiger partial charge in [-0.05, 0) is 61.4 Å². The van der Waals surface area contributed by atoms with Crippen molar-refractivity contribution in [3.8, 4) is 17.6 Å². The second-order valence-electron chi connectivity index (χ2n) is 4.59. The van der Waals surface area contributed by atoms with Crippen LogP contribution in [0.15, 0.2) is 36.4 Å². The number of phenols is 1. The Morgan fingerprint density at radius 2 is 1.45 bits per heavy atom. The zero-order chi connectivity index (χ0) is 14.7. The minimum absolute atomic E-state index is 0.242. The number of benzene rings is 2. The summed E-state index contributed by atoms with van der Waals surface area (Å²) < 4.78 is 0. The van der Waals surface area contributed by atoms with E-state index in [1.165, 1.54) is 12.1 Å². The van der Waals surface area contributed by atoms with Gasteiger partial charge >= 0.3 is 5.97 Å². The third-order valence-corrected chi connectivity index (χ3v) is 2.97. The molecule has 0 spiro atoms. The highest BCUT2D eigenvalue weighted by Gasteiger charge is 2.02.